The van der Waals surface area contributed by atoms with Crippen molar-refractivity contribution >= 4 is 22.4 Å². The van der Waals surface area contributed by atoms with Crippen LogP contribution < -0.4 is 14.4 Å². The zero-order valence-electron chi connectivity index (χ0n) is 19.2. The predicted molar refractivity (Wildman–Crippen MR) is 125 cm³/mol. The van der Waals surface area contributed by atoms with Crippen LogP contribution >= 0.6 is 0 Å². The van der Waals surface area contributed by atoms with Gasteiger partial charge in [-0.25, -0.2) is 13.8 Å². The topological polar surface area (TPSA) is 85.5 Å². The quantitative estimate of drug-likeness (QED) is 0.414. The molecule has 0 amide bonds. The van der Waals surface area contributed by atoms with Crippen molar-refractivity contribution in [2.75, 3.05) is 25.7 Å². The van der Waals surface area contributed by atoms with Gasteiger partial charge in [-0.1, -0.05) is 0 Å². The number of aliphatic hydroxyl groups is 1. The van der Waals surface area contributed by atoms with Gasteiger partial charge in [0.1, 0.15) is 17.6 Å². The number of hydrogen-bond donors (Lipinski definition) is 1. The van der Waals surface area contributed by atoms with Gasteiger partial charge in [-0.2, -0.15) is 5.10 Å². The Labute approximate surface area is 195 Å². The highest BCUT2D eigenvalue weighted by atomic mass is 19.3. The second-order valence-electron chi connectivity index (χ2n) is 7.98. The number of anilines is 2. The Bertz CT molecular complexity index is 1280. The lowest BCUT2D eigenvalue weighted by atomic mass is 10.1. The van der Waals surface area contributed by atoms with Crippen LogP contribution in [0.15, 0.2) is 55.0 Å². The number of rotatable bonds is 8. The van der Waals surface area contributed by atoms with E-state index in [1.165, 1.54) is 14.2 Å². The van der Waals surface area contributed by atoms with Crippen LogP contribution in [0, 0.1) is 0 Å². The molecule has 0 aliphatic heterocycles. The van der Waals surface area contributed by atoms with Crippen LogP contribution in [0.1, 0.15) is 6.92 Å². The van der Waals surface area contributed by atoms with E-state index in [0.717, 1.165) is 5.56 Å². The normalized spacial score (nSPS) is 12.6. The summed E-state index contributed by atoms with van der Waals surface area (Å²) in [7, 11) is 4.82. The first-order valence-electron chi connectivity index (χ1n) is 10.5. The fourth-order valence-electron chi connectivity index (χ4n) is 3.50. The molecule has 2 heterocycles. The number of methoxy groups -OCH3 is 2. The molecule has 34 heavy (non-hydrogen) atoms. The number of nitrogens with zero attached hydrogens (tertiary/aromatic N) is 5. The van der Waals surface area contributed by atoms with Crippen LogP contribution in [0.2, 0.25) is 0 Å². The first-order chi connectivity index (χ1) is 16.2. The van der Waals surface area contributed by atoms with Crippen molar-refractivity contribution in [1.29, 1.82) is 0 Å². The molecular weight excluding hydrogens is 444 g/mol. The van der Waals surface area contributed by atoms with E-state index in [1.807, 2.05) is 13.2 Å². The predicted octanol–water partition coefficient (Wildman–Crippen LogP) is 4.20. The average Bonchev–Trinajstić information content (AvgIpc) is 3.26. The SMILES string of the molecule is COc1cc(OC)cc(N(C[C@@H](O)C(C)(F)F)c2ccc3ncc(-c4cnn(C)c4)nc3c2)c1. The molecule has 0 aliphatic carbocycles. The molecule has 0 fully saturated rings. The third-order valence-electron chi connectivity index (χ3n) is 5.43. The zero-order chi connectivity index (χ0) is 24.5. The highest BCUT2D eigenvalue weighted by Gasteiger charge is 2.34. The van der Waals surface area contributed by atoms with Crippen LogP contribution in [-0.2, 0) is 7.05 Å². The molecule has 2 aromatic carbocycles. The van der Waals surface area contributed by atoms with Crippen LogP contribution in [0.25, 0.3) is 22.3 Å². The van der Waals surface area contributed by atoms with Crippen LogP contribution in [0.5, 0.6) is 11.5 Å². The van der Waals surface area contributed by atoms with Gasteiger partial charge in [0, 0.05) is 55.3 Å². The lowest BCUT2D eigenvalue weighted by Gasteiger charge is -2.30. The Morgan fingerprint density at radius 3 is 2.32 bits per heavy atom. The number of aryl methyl sites for hydroxylation is 1. The monoisotopic (exact) mass is 469 g/mol. The maximum atomic E-state index is 13.9. The molecule has 0 unspecified atom stereocenters. The van der Waals surface area contributed by atoms with Gasteiger partial charge in [0.2, 0.25) is 0 Å². The summed E-state index contributed by atoms with van der Waals surface area (Å²) in [5.41, 5.74) is 3.70. The Balaban J connectivity index is 1.82. The summed E-state index contributed by atoms with van der Waals surface area (Å²) in [6.45, 7) is 0.315. The number of aromatic nitrogens is 4. The number of hydrogen-bond acceptors (Lipinski definition) is 7. The van der Waals surface area contributed by atoms with E-state index in [9.17, 15) is 13.9 Å². The van der Waals surface area contributed by atoms with Gasteiger partial charge in [-0.3, -0.25) is 9.67 Å². The summed E-state index contributed by atoms with van der Waals surface area (Å²) in [5.74, 6) is -2.33. The van der Waals surface area contributed by atoms with Crippen molar-refractivity contribution in [3.8, 4) is 22.8 Å². The first kappa shape index (κ1) is 23.4. The van der Waals surface area contributed by atoms with Gasteiger partial charge in [-0.05, 0) is 18.2 Å². The number of halogens is 2. The fourth-order valence-corrected chi connectivity index (χ4v) is 3.50. The van der Waals surface area contributed by atoms with Gasteiger partial charge in [0.05, 0.1) is 49.9 Å². The molecule has 2 aromatic heterocycles. The first-order valence-corrected chi connectivity index (χ1v) is 10.5. The summed E-state index contributed by atoms with van der Waals surface area (Å²) >= 11 is 0. The highest BCUT2D eigenvalue weighted by molar-refractivity contribution is 5.82. The lowest BCUT2D eigenvalue weighted by Crippen LogP contribution is -2.40. The second-order valence-corrected chi connectivity index (χ2v) is 7.98. The number of aliphatic hydroxyl groups excluding tert-OH is 1. The Hall–Kier alpha value is -3.79. The minimum Gasteiger partial charge on any atom is -0.497 e. The Morgan fingerprint density at radius 2 is 1.74 bits per heavy atom. The molecule has 1 atom stereocenters. The van der Waals surface area contributed by atoms with Crippen molar-refractivity contribution in [3.63, 3.8) is 0 Å². The van der Waals surface area contributed by atoms with Gasteiger partial charge in [-0.15, -0.1) is 0 Å². The van der Waals surface area contributed by atoms with Gasteiger partial charge in [0.15, 0.2) is 0 Å². The van der Waals surface area contributed by atoms with Crippen molar-refractivity contribution in [2.24, 2.45) is 7.05 Å². The van der Waals surface area contributed by atoms with E-state index >= 15 is 0 Å². The molecule has 4 rings (SSSR count). The van der Waals surface area contributed by atoms with Crippen molar-refractivity contribution in [1.82, 2.24) is 19.7 Å². The van der Waals surface area contributed by atoms with Crippen LogP contribution in [0.4, 0.5) is 20.2 Å². The summed E-state index contributed by atoms with van der Waals surface area (Å²) in [5, 5.41) is 14.4. The third-order valence-corrected chi connectivity index (χ3v) is 5.43. The highest BCUT2D eigenvalue weighted by Crippen LogP contribution is 2.35. The largest absolute Gasteiger partial charge is 0.497 e. The Morgan fingerprint density at radius 1 is 1.03 bits per heavy atom. The van der Waals surface area contributed by atoms with Crippen molar-refractivity contribution < 1.29 is 23.4 Å². The van der Waals surface area contributed by atoms with Crippen LogP contribution in [-0.4, -0.2) is 57.6 Å². The van der Waals surface area contributed by atoms with E-state index < -0.39 is 12.0 Å². The van der Waals surface area contributed by atoms with Crippen molar-refractivity contribution in [2.45, 2.75) is 19.0 Å². The molecule has 0 bridgehead atoms. The fraction of sp³-hybridized carbons (Fsp3) is 0.292. The molecular formula is C24H25F2N5O3. The standard InChI is InChI=1S/C24H25F2N5O3/c1-24(25,26)23(32)14-31(17-7-18(33-3)10-19(8-17)34-4)16-5-6-20-21(9-16)29-22(12-27-20)15-11-28-30(2)13-15/h5-13,23,32H,14H2,1-4H3/t23-/m1/s1. The third kappa shape index (κ3) is 4.91. The van der Waals surface area contributed by atoms with Gasteiger partial charge in [0.25, 0.3) is 5.92 Å². The number of alkyl halides is 2. The van der Waals surface area contributed by atoms with Crippen LogP contribution in [0.3, 0.4) is 0 Å². The molecule has 0 saturated heterocycles. The zero-order valence-corrected chi connectivity index (χ0v) is 19.2. The number of ether oxygens (including phenoxy) is 2. The molecule has 10 heteroatoms. The summed E-state index contributed by atoms with van der Waals surface area (Å²) in [6, 6.07) is 10.3. The molecule has 0 saturated carbocycles. The van der Waals surface area contributed by atoms with Gasteiger partial charge >= 0.3 is 0 Å². The maximum absolute atomic E-state index is 13.9. The lowest BCUT2D eigenvalue weighted by molar-refractivity contribution is -0.0878. The van der Waals surface area contributed by atoms with E-state index in [1.54, 1.807) is 58.4 Å². The number of fused-ring (bicyclic) bond motifs is 1. The molecule has 8 nitrogen and oxygen atoms in total. The van der Waals surface area contributed by atoms with Gasteiger partial charge < -0.3 is 19.5 Å². The molecule has 0 radical (unpaired) electrons. The number of benzene rings is 2. The minimum absolute atomic E-state index is 0.374. The summed E-state index contributed by atoms with van der Waals surface area (Å²) < 4.78 is 40.2. The summed E-state index contributed by atoms with van der Waals surface area (Å²) in [4.78, 5) is 10.7. The molecule has 4 aromatic rings. The Kier molecular flexibility index (Phi) is 6.34. The van der Waals surface area contributed by atoms with E-state index in [0.29, 0.717) is 46.5 Å². The van der Waals surface area contributed by atoms with E-state index in [2.05, 4.69) is 15.1 Å². The molecule has 178 valence electrons. The molecule has 1 N–H and O–H groups in total. The smallest absolute Gasteiger partial charge is 0.272 e. The summed E-state index contributed by atoms with van der Waals surface area (Å²) in [6.07, 6.45) is 3.25. The minimum atomic E-state index is -3.30. The second kappa shape index (κ2) is 9.22. The van der Waals surface area contributed by atoms with Crippen molar-refractivity contribution in [3.05, 3.63) is 55.0 Å². The molecule has 0 aliphatic rings. The van der Waals surface area contributed by atoms with E-state index in [-0.39, 0.29) is 6.54 Å². The average molecular weight is 469 g/mol. The molecule has 0 spiro atoms. The maximum Gasteiger partial charge on any atom is 0.272 e. The van der Waals surface area contributed by atoms with E-state index in [4.69, 9.17) is 9.47 Å².